The minimum Gasteiger partial charge on any atom is -0.465 e. The molecule has 1 heterocycles. The Morgan fingerprint density at radius 2 is 1.56 bits per heavy atom. The summed E-state index contributed by atoms with van der Waals surface area (Å²) in [6, 6.07) is 6.60. The molecule has 0 bridgehead atoms. The number of carbonyl (C=O) groups is 4. The number of ketones is 1. The molecule has 27 heavy (non-hydrogen) atoms. The van der Waals surface area contributed by atoms with E-state index in [-0.39, 0.29) is 35.3 Å². The normalized spacial score (nSPS) is 10.2. The molecule has 1 aromatic carbocycles. The fourth-order valence-electron chi connectivity index (χ4n) is 2.73. The van der Waals surface area contributed by atoms with Gasteiger partial charge in [-0.25, -0.2) is 4.79 Å². The summed E-state index contributed by atoms with van der Waals surface area (Å²) in [5.41, 5.74) is 2.38. The fourth-order valence-corrected chi connectivity index (χ4v) is 2.73. The molecule has 0 unspecified atom stereocenters. The van der Waals surface area contributed by atoms with Crippen LogP contribution < -0.4 is 10.6 Å². The van der Waals surface area contributed by atoms with Gasteiger partial charge in [-0.3, -0.25) is 14.4 Å². The molecule has 0 saturated carbocycles. The fraction of sp³-hybridized carbons (Fsp3) is 0.263. The SMILES string of the molecule is COC(=O)c1c(CC(=O)Nc2ccc(NC(C)=O)cc2)[nH]c(C(C)=O)c1C. The summed E-state index contributed by atoms with van der Waals surface area (Å²) in [4.78, 5) is 50.0. The third-order valence-electron chi connectivity index (χ3n) is 3.90. The van der Waals surface area contributed by atoms with Crippen molar-refractivity contribution in [3.8, 4) is 0 Å². The van der Waals surface area contributed by atoms with E-state index in [0.717, 1.165) is 0 Å². The van der Waals surface area contributed by atoms with Crippen LogP contribution in [0.25, 0.3) is 0 Å². The van der Waals surface area contributed by atoms with E-state index in [1.54, 1.807) is 31.2 Å². The monoisotopic (exact) mass is 371 g/mol. The van der Waals surface area contributed by atoms with Crippen LogP contribution in [-0.4, -0.2) is 35.7 Å². The van der Waals surface area contributed by atoms with Gasteiger partial charge in [-0.2, -0.15) is 0 Å². The number of hydrogen-bond donors (Lipinski definition) is 3. The highest BCUT2D eigenvalue weighted by Gasteiger charge is 2.24. The van der Waals surface area contributed by atoms with Gasteiger partial charge in [0, 0.05) is 30.9 Å². The van der Waals surface area contributed by atoms with Crippen molar-refractivity contribution in [2.75, 3.05) is 17.7 Å². The number of Topliss-reactive ketones (excluding diaryl/α,β-unsaturated/α-hetero) is 1. The highest BCUT2D eigenvalue weighted by atomic mass is 16.5. The molecule has 0 saturated heterocycles. The highest BCUT2D eigenvalue weighted by molar-refractivity contribution is 6.02. The topological polar surface area (TPSA) is 117 Å². The number of carbonyl (C=O) groups excluding carboxylic acids is 4. The molecule has 2 rings (SSSR count). The Morgan fingerprint density at radius 3 is 2.04 bits per heavy atom. The number of nitrogens with one attached hydrogen (secondary N) is 3. The molecule has 3 N–H and O–H groups in total. The lowest BCUT2D eigenvalue weighted by Crippen LogP contribution is -2.17. The summed E-state index contributed by atoms with van der Waals surface area (Å²) in [5.74, 6) is -1.41. The lowest BCUT2D eigenvalue weighted by Gasteiger charge is -2.07. The Morgan fingerprint density at radius 1 is 1.00 bits per heavy atom. The average Bonchev–Trinajstić information content (AvgIpc) is 2.91. The maximum absolute atomic E-state index is 12.4. The zero-order chi connectivity index (χ0) is 20.1. The van der Waals surface area contributed by atoms with Crippen LogP contribution in [0.2, 0.25) is 0 Å². The average molecular weight is 371 g/mol. The van der Waals surface area contributed by atoms with Gasteiger partial charge in [0.25, 0.3) is 0 Å². The van der Waals surface area contributed by atoms with Crippen LogP contribution in [0.3, 0.4) is 0 Å². The molecule has 2 aromatic rings. The van der Waals surface area contributed by atoms with Crippen molar-refractivity contribution in [2.45, 2.75) is 27.2 Å². The molecule has 0 fully saturated rings. The van der Waals surface area contributed by atoms with E-state index in [1.165, 1.54) is 21.0 Å². The van der Waals surface area contributed by atoms with E-state index in [9.17, 15) is 19.2 Å². The molecule has 0 aliphatic rings. The molecule has 142 valence electrons. The summed E-state index contributed by atoms with van der Waals surface area (Å²) in [7, 11) is 1.24. The van der Waals surface area contributed by atoms with E-state index < -0.39 is 5.97 Å². The van der Waals surface area contributed by atoms with Crippen LogP contribution in [0, 0.1) is 6.92 Å². The van der Waals surface area contributed by atoms with Crippen molar-refractivity contribution in [3.63, 3.8) is 0 Å². The van der Waals surface area contributed by atoms with Crippen molar-refractivity contribution >= 4 is 34.9 Å². The molecular formula is C19H21N3O5. The number of amides is 2. The molecule has 8 heteroatoms. The first kappa shape index (κ1) is 19.9. The van der Waals surface area contributed by atoms with Gasteiger partial charge in [-0.1, -0.05) is 0 Å². The lowest BCUT2D eigenvalue weighted by atomic mass is 10.1. The second-order valence-electron chi connectivity index (χ2n) is 6.01. The van der Waals surface area contributed by atoms with Gasteiger partial charge in [-0.05, 0) is 36.8 Å². The number of aromatic amines is 1. The van der Waals surface area contributed by atoms with E-state index in [1.807, 2.05) is 0 Å². The molecule has 0 aliphatic carbocycles. The lowest BCUT2D eigenvalue weighted by molar-refractivity contribution is -0.116. The zero-order valence-electron chi connectivity index (χ0n) is 15.6. The van der Waals surface area contributed by atoms with Crippen molar-refractivity contribution in [1.29, 1.82) is 0 Å². The van der Waals surface area contributed by atoms with Crippen molar-refractivity contribution < 1.29 is 23.9 Å². The minimum atomic E-state index is -0.612. The third-order valence-corrected chi connectivity index (χ3v) is 3.90. The number of esters is 1. The van der Waals surface area contributed by atoms with Crippen molar-refractivity contribution in [2.24, 2.45) is 0 Å². The minimum absolute atomic E-state index is 0.133. The quantitative estimate of drug-likeness (QED) is 0.532. The second kappa shape index (κ2) is 8.31. The predicted octanol–water partition coefficient (Wildman–Crippen LogP) is 2.45. The summed E-state index contributed by atoms with van der Waals surface area (Å²) >= 11 is 0. The van der Waals surface area contributed by atoms with Crippen LogP contribution in [0.5, 0.6) is 0 Å². The number of hydrogen-bond acceptors (Lipinski definition) is 5. The third kappa shape index (κ3) is 4.81. The van der Waals surface area contributed by atoms with Crippen LogP contribution in [0.4, 0.5) is 11.4 Å². The van der Waals surface area contributed by atoms with Gasteiger partial charge in [0.05, 0.1) is 24.8 Å². The summed E-state index contributed by atoms with van der Waals surface area (Å²) in [5, 5.41) is 5.34. The first-order valence-electron chi connectivity index (χ1n) is 8.21. The number of benzene rings is 1. The van der Waals surface area contributed by atoms with Crippen LogP contribution >= 0.6 is 0 Å². The Balaban J connectivity index is 2.17. The highest BCUT2D eigenvalue weighted by Crippen LogP contribution is 2.21. The number of ether oxygens (including phenoxy) is 1. The zero-order valence-corrected chi connectivity index (χ0v) is 15.6. The molecule has 0 atom stereocenters. The van der Waals surface area contributed by atoms with Crippen molar-refractivity contribution in [3.05, 3.63) is 46.8 Å². The molecule has 1 aromatic heterocycles. The largest absolute Gasteiger partial charge is 0.465 e. The molecule has 0 radical (unpaired) electrons. The number of H-pyrrole nitrogens is 1. The second-order valence-corrected chi connectivity index (χ2v) is 6.01. The van der Waals surface area contributed by atoms with Gasteiger partial charge < -0.3 is 20.4 Å². The number of methoxy groups -OCH3 is 1. The molecule has 2 amide bonds. The van der Waals surface area contributed by atoms with E-state index in [2.05, 4.69) is 15.6 Å². The Labute approximate surface area is 156 Å². The predicted molar refractivity (Wildman–Crippen MR) is 100.0 cm³/mol. The van der Waals surface area contributed by atoms with E-state index in [0.29, 0.717) is 22.6 Å². The van der Waals surface area contributed by atoms with E-state index in [4.69, 9.17) is 4.74 Å². The van der Waals surface area contributed by atoms with Gasteiger partial charge >= 0.3 is 5.97 Å². The van der Waals surface area contributed by atoms with Gasteiger partial charge in [0.15, 0.2) is 5.78 Å². The first-order valence-corrected chi connectivity index (χ1v) is 8.21. The number of aromatic nitrogens is 1. The van der Waals surface area contributed by atoms with Crippen LogP contribution in [0.15, 0.2) is 24.3 Å². The summed E-state index contributed by atoms with van der Waals surface area (Å²) < 4.78 is 4.76. The van der Waals surface area contributed by atoms with Crippen molar-refractivity contribution in [1.82, 2.24) is 4.98 Å². The smallest absolute Gasteiger partial charge is 0.339 e. The van der Waals surface area contributed by atoms with Gasteiger partial charge in [0.2, 0.25) is 11.8 Å². The molecular weight excluding hydrogens is 350 g/mol. The first-order chi connectivity index (χ1) is 12.7. The van der Waals surface area contributed by atoms with Crippen LogP contribution in [-0.2, 0) is 20.7 Å². The molecule has 0 aliphatic heterocycles. The number of anilines is 2. The summed E-state index contributed by atoms with van der Waals surface area (Å²) in [6.07, 6.45) is -0.133. The molecule has 0 spiro atoms. The van der Waals surface area contributed by atoms with Crippen LogP contribution in [0.1, 0.15) is 46.0 Å². The maximum atomic E-state index is 12.4. The Hall–Kier alpha value is -3.42. The van der Waals surface area contributed by atoms with Gasteiger partial charge in [-0.15, -0.1) is 0 Å². The molecule has 8 nitrogen and oxygen atoms in total. The van der Waals surface area contributed by atoms with Gasteiger partial charge in [0.1, 0.15) is 0 Å². The Kier molecular flexibility index (Phi) is 6.12. The standard InChI is InChI=1S/C19H21N3O5/c1-10-17(19(26)27-4)15(22-18(10)11(2)23)9-16(25)21-14-7-5-13(6-8-14)20-12(3)24/h5-8,22H,9H2,1-4H3,(H,20,24)(H,21,25). The van der Waals surface area contributed by atoms with E-state index >= 15 is 0 Å². The summed E-state index contributed by atoms with van der Waals surface area (Å²) in [6.45, 7) is 4.41. The Bertz CT molecular complexity index is 897. The number of rotatable bonds is 6. The maximum Gasteiger partial charge on any atom is 0.339 e.